The summed E-state index contributed by atoms with van der Waals surface area (Å²) in [5, 5.41) is 6.46. The van der Waals surface area contributed by atoms with E-state index in [2.05, 4.69) is 20.6 Å². The van der Waals surface area contributed by atoms with Gasteiger partial charge in [0.1, 0.15) is 11.4 Å². The highest BCUT2D eigenvalue weighted by atomic mass is 35.5. The maximum atomic E-state index is 12.5. The molecule has 2 aromatic carbocycles. The number of aryl methyl sites for hydroxylation is 1. The van der Waals surface area contributed by atoms with Crippen LogP contribution in [0.5, 0.6) is 5.75 Å². The van der Waals surface area contributed by atoms with Crippen LogP contribution in [0.2, 0.25) is 5.02 Å². The number of nitrogens with one attached hydrogen (secondary N) is 2. The zero-order chi connectivity index (χ0) is 20.1. The number of aromatic nitrogens is 2. The van der Waals surface area contributed by atoms with E-state index >= 15 is 0 Å². The molecule has 0 fully saturated rings. The van der Waals surface area contributed by atoms with Crippen molar-refractivity contribution in [3.05, 3.63) is 71.0 Å². The molecule has 0 aliphatic rings. The van der Waals surface area contributed by atoms with Gasteiger partial charge in [-0.2, -0.15) is 0 Å². The molecule has 1 amide bonds. The quantitative estimate of drug-likeness (QED) is 0.597. The summed E-state index contributed by atoms with van der Waals surface area (Å²) >= 11 is 6.10. The highest BCUT2D eigenvalue weighted by molar-refractivity contribution is 6.31. The van der Waals surface area contributed by atoms with Gasteiger partial charge >= 0.3 is 0 Å². The van der Waals surface area contributed by atoms with Crippen molar-refractivity contribution in [2.75, 3.05) is 10.6 Å². The predicted octanol–water partition coefficient (Wildman–Crippen LogP) is 5.22. The lowest BCUT2D eigenvalue weighted by Gasteiger charge is -2.11. The smallest absolute Gasteiger partial charge is 0.274 e. The van der Waals surface area contributed by atoms with Crippen molar-refractivity contribution >= 4 is 34.8 Å². The molecule has 1 aromatic heterocycles. The number of halogens is 1. The molecule has 28 heavy (non-hydrogen) atoms. The van der Waals surface area contributed by atoms with E-state index in [1.165, 1.54) is 6.20 Å². The largest absolute Gasteiger partial charge is 0.491 e. The molecule has 0 saturated heterocycles. The predicted molar refractivity (Wildman–Crippen MR) is 112 cm³/mol. The molecule has 0 saturated carbocycles. The summed E-state index contributed by atoms with van der Waals surface area (Å²) in [6.07, 6.45) is 1.64. The van der Waals surface area contributed by atoms with Crippen LogP contribution in [0, 0.1) is 6.92 Å². The lowest BCUT2D eigenvalue weighted by Crippen LogP contribution is -2.14. The highest BCUT2D eigenvalue weighted by Gasteiger charge is 2.10. The third kappa shape index (κ3) is 5.20. The first-order valence-electron chi connectivity index (χ1n) is 8.85. The Labute approximate surface area is 168 Å². The van der Waals surface area contributed by atoms with Crippen LogP contribution < -0.4 is 15.4 Å². The fraction of sp³-hybridized carbons (Fsp3) is 0.190. The summed E-state index contributed by atoms with van der Waals surface area (Å²) in [4.78, 5) is 20.9. The van der Waals surface area contributed by atoms with E-state index in [1.807, 2.05) is 51.1 Å². The van der Waals surface area contributed by atoms with E-state index in [0.717, 1.165) is 17.0 Å². The van der Waals surface area contributed by atoms with Gasteiger partial charge in [0.2, 0.25) is 5.95 Å². The second-order valence-corrected chi connectivity index (χ2v) is 6.91. The van der Waals surface area contributed by atoms with Gasteiger partial charge in [0.05, 0.1) is 6.10 Å². The van der Waals surface area contributed by atoms with Crippen molar-refractivity contribution in [1.29, 1.82) is 0 Å². The van der Waals surface area contributed by atoms with Crippen LogP contribution in [0.15, 0.2) is 54.7 Å². The number of anilines is 3. The number of amides is 1. The van der Waals surface area contributed by atoms with Crippen LogP contribution in [0.3, 0.4) is 0 Å². The van der Waals surface area contributed by atoms with E-state index in [9.17, 15) is 4.79 Å². The number of carbonyl (C=O) groups is 1. The van der Waals surface area contributed by atoms with E-state index in [-0.39, 0.29) is 17.7 Å². The number of ether oxygens (including phenoxy) is 1. The Hall–Kier alpha value is -3.12. The molecule has 0 bridgehead atoms. The minimum absolute atomic E-state index is 0.112. The van der Waals surface area contributed by atoms with Gasteiger partial charge in [-0.25, -0.2) is 9.97 Å². The molecule has 0 spiro atoms. The summed E-state index contributed by atoms with van der Waals surface area (Å²) < 4.78 is 5.62. The van der Waals surface area contributed by atoms with Gasteiger partial charge in [-0.3, -0.25) is 4.79 Å². The topological polar surface area (TPSA) is 76.1 Å². The third-order valence-corrected chi connectivity index (χ3v) is 4.21. The van der Waals surface area contributed by atoms with Crippen molar-refractivity contribution in [1.82, 2.24) is 9.97 Å². The number of hydrogen-bond acceptors (Lipinski definition) is 5. The van der Waals surface area contributed by atoms with Crippen molar-refractivity contribution in [2.24, 2.45) is 0 Å². The standard InChI is InChI=1S/C21H21ClN4O2/c1-13(2)28-17-8-6-15(7-9-17)25-21-23-11-10-19(26-21)20(27)24-16-5-4-14(3)18(22)12-16/h4-13H,1-3H3,(H,24,27)(H,23,25,26). The summed E-state index contributed by atoms with van der Waals surface area (Å²) in [6.45, 7) is 5.85. The van der Waals surface area contributed by atoms with E-state index in [4.69, 9.17) is 16.3 Å². The van der Waals surface area contributed by atoms with Gasteiger partial charge in [-0.05, 0) is 68.8 Å². The number of rotatable bonds is 6. The summed E-state index contributed by atoms with van der Waals surface area (Å²) in [7, 11) is 0. The molecular weight excluding hydrogens is 376 g/mol. The monoisotopic (exact) mass is 396 g/mol. The second kappa shape index (κ2) is 8.71. The molecule has 144 valence electrons. The van der Waals surface area contributed by atoms with Crippen LogP contribution in [0.25, 0.3) is 0 Å². The molecule has 2 N–H and O–H groups in total. The van der Waals surface area contributed by atoms with Gasteiger partial charge < -0.3 is 15.4 Å². The average Bonchev–Trinajstić information content (AvgIpc) is 2.66. The zero-order valence-electron chi connectivity index (χ0n) is 15.9. The number of benzene rings is 2. The number of carbonyl (C=O) groups excluding carboxylic acids is 1. The third-order valence-electron chi connectivity index (χ3n) is 3.80. The molecule has 3 aromatic rings. The van der Waals surface area contributed by atoms with Gasteiger partial charge in [-0.1, -0.05) is 17.7 Å². The van der Waals surface area contributed by atoms with Crippen molar-refractivity contribution in [3.8, 4) is 5.75 Å². The SMILES string of the molecule is Cc1ccc(NC(=O)c2ccnc(Nc3ccc(OC(C)C)cc3)n2)cc1Cl. The molecule has 3 rings (SSSR count). The average molecular weight is 397 g/mol. The van der Waals surface area contributed by atoms with Crippen LogP contribution in [0.4, 0.5) is 17.3 Å². The van der Waals surface area contributed by atoms with Crippen molar-refractivity contribution < 1.29 is 9.53 Å². The Morgan fingerprint density at radius 1 is 1.07 bits per heavy atom. The summed E-state index contributed by atoms with van der Waals surface area (Å²) in [5.74, 6) is 0.768. The molecule has 0 unspecified atom stereocenters. The Morgan fingerprint density at radius 3 is 2.46 bits per heavy atom. The lowest BCUT2D eigenvalue weighted by molar-refractivity contribution is 0.102. The van der Waals surface area contributed by atoms with Crippen LogP contribution in [-0.2, 0) is 0 Å². The number of nitrogens with zero attached hydrogens (tertiary/aromatic N) is 2. The second-order valence-electron chi connectivity index (χ2n) is 6.50. The van der Waals surface area contributed by atoms with Crippen LogP contribution in [-0.4, -0.2) is 22.0 Å². The maximum Gasteiger partial charge on any atom is 0.274 e. The highest BCUT2D eigenvalue weighted by Crippen LogP contribution is 2.21. The first kappa shape index (κ1) is 19.6. The van der Waals surface area contributed by atoms with Crippen molar-refractivity contribution in [3.63, 3.8) is 0 Å². The summed E-state index contributed by atoms with van der Waals surface area (Å²) in [6, 6.07) is 14.3. The number of hydrogen-bond donors (Lipinski definition) is 2. The molecule has 0 atom stereocenters. The normalized spacial score (nSPS) is 10.6. The maximum absolute atomic E-state index is 12.5. The molecule has 6 nitrogen and oxygen atoms in total. The minimum Gasteiger partial charge on any atom is -0.491 e. The fourth-order valence-corrected chi connectivity index (χ4v) is 2.61. The first-order chi connectivity index (χ1) is 13.4. The molecule has 0 aliphatic carbocycles. The van der Waals surface area contributed by atoms with E-state index in [0.29, 0.717) is 16.7 Å². The molecule has 7 heteroatoms. The zero-order valence-corrected chi connectivity index (χ0v) is 16.6. The summed E-state index contributed by atoms with van der Waals surface area (Å²) in [5.41, 5.74) is 2.58. The van der Waals surface area contributed by atoms with Crippen LogP contribution in [0.1, 0.15) is 29.9 Å². The minimum atomic E-state index is -0.342. The molecule has 1 heterocycles. The van der Waals surface area contributed by atoms with E-state index in [1.54, 1.807) is 18.2 Å². The Kier molecular flexibility index (Phi) is 6.11. The van der Waals surface area contributed by atoms with Gasteiger partial charge in [-0.15, -0.1) is 0 Å². The lowest BCUT2D eigenvalue weighted by atomic mass is 10.2. The first-order valence-corrected chi connectivity index (χ1v) is 9.23. The Bertz CT molecular complexity index is 974. The Balaban J connectivity index is 1.69. The van der Waals surface area contributed by atoms with Crippen LogP contribution >= 0.6 is 11.6 Å². The van der Waals surface area contributed by atoms with Gasteiger partial charge in [0.25, 0.3) is 5.91 Å². The molecular formula is C21H21ClN4O2. The molecule has 0 aliphatic heterocycles. The Morgan fingerprint density at radius 2 is 1.79 bits per heavy atom. The van der Waals surface area contributed by atoms with Gasteiger partial charge in [0, 0.05) is 22.6 Å². The fourth-order valence-electron chi connectivity index (χ4n) is 2.43. The van der Waals surface area contributed by atoms with E-state index < -0.39 is 0 Å². The van der Waals surface area contributed by atoms with Gasteiger partial charge in [0.15, 0.2) is 0 Å². The molecule has 0 radical (unpaired) electrons. The van der Waals surface area contributed by atoms with Crippen molar-refractivity contribution in [2.45, 2.75) is 26.9 Å².